The molecule has 0 atom stereocenters. The summed E-state index contributed by atoms with van der Waals surface area (Å²) in [5.74, 6) is 0.762. The van der Waals surface area contributed by atoms with Crippen LogP contribution in [0.1, 0.15) is 24.2 Å². The Labute approximate surface area is 154 Å². The highest BCUT2D eigenvalue weighted by atomic mass is 79.9. The van der Waals surface area contributed by atoms with Crippen LogP contribution in [-0.2, 0) is 16.8 Å². The topological polar surface area (TPSA) is 59.8 Å². The van der Waals surface area contributed by atoms with Crippen molar-refractivity contribution in [3.8, 4) is 5.69 Å². The normalized spacial score (nSPS) is 14.9. The summed E-state index contributed by atoms with van der Waals surface area (Å²) < 4.78 is 2.88. The molecule has 1 aliphatic carbocycles. The molecule has 1 aliphatic rings. The molecule has 1 aromatic heterocycles. The summed E-state index contributed by atoms with van der Waals surface area (Å²) in [5, 5.41) is 11.2. The molecule has 0 spiro atoms. The first-order valence-corrected chi connectivity index (χ1v) is 8.97. The Hall–Kier alpha value is -2.47. The molecule has 25 heavy (non-hydrogen) atoms. The molecule has 2 aromatic carbocycles. The highest BCUT2D eigenvalue weighted by Crippen LogP contribution is 2.48. The maximum absolute atomic E-state index is 12.8. The fraction of sp³-hybridized carbons (Fsp3) is 0.211. The highest BCUT2D eigenvalue weighted by Gasteiger charge is 2.51. The summed E-state index contributed by atoms with van der Waals surface area (Å²) in [7, 11) is 0. The van der Waals surface area contributed by atoms with Gasteiger partial charge in [-0.3, -0.25) is 9.36 Å². The number of halogens is 1. The third-order valence-corrected chi connectivity index (χ3v) is 5.11. The third-order valence-electron chi connectivity index (χ3n) is 4.62. The lowest BCUT2D eigenvalue weighted by Gasteiger charge is -2.16. The lowest BCUT2D eigenvalue weighted by molar-refractivity contribution is -0.123. The van der Waals surface area contributed by atoms with Gasteiger partial charge in [0.25, 0.3) is 0 Å². The molecule has 1 amide bonds. The summed E-state index contributed by atoms with van der Waals surface area (Å²) in [6.07, 6.45) is 3.42. The van der Waals surface area contributed by atoms with Gasteiger partial charge in [-0.2, -0.15) is 0 Å². The van der Waals surface area contributed by atoms with Crippen molar-refractivity contribution in [3.05, 3.63) is 76.8 Å². The lowest BCUT2D eigenvalue weighted by atomic mass is 9.95. The number of aromatic nitrogens is 3. The zero-order valence-corrected chi connectivity index (χ0v) is 15.1. The molecule has 0 saturated heterocycles. The Balaban J connectivity index is 1.50. The van der Waals surface area contributed by atoms with Crippen molar-refractivity contribution in [1.29, 1.82) is 0 Å². The van der Waals surface area contributed by atoms with Gasteiger partial charge in [-0.05, 0) is 42.7 Å². The van der Waals surface area contributed by atoms with Crippen LogP contribution in [0.15, 0.2) is 65.4 Å². The molecular weight excluding hydrogens is 380 g/mol. The fourth-order valence-corrected chi connectivity index (χ4v) is 3.47. The Bertz CT molecular complexity index is 903. The van der Waals surface area contributed by atoms with Crippen LogP contribution < -0.4 is 5.32 Å². The summed E-state index contributed by atoms with van der Waals surface area (Å²) in [6, 6.07) is 17.8. The average Bonchev–Trinajstić information content (AvgIpc) is 3.32. The predicted octanol–water partition coefficient (Wildman–Crippen LogP) is 3.38. The largest absolute Gasteiger partial charge is 0.348 e. The van der Waals surface area contributed by atoms with Crippen LogP contribution in [0.2, 0.25) is 0 Å². The number of carbonyl (C=O) groups is 1. The van der Waals surface area contributed by atoms with E-state index in [0.29, 0.717) is 12.4 Å². The van der Waals surface area contributed by atoms with E-state index in [1.54, 1.807) is 6.33 Å². The quantitative estimate of drug-likeness (QED) is 0.718. The standard InChI is InChI=1S/C19H17BrN4O/c20-15-6-4-5-14(11-15)19(9-10-19)18(25)21-12-17-23-22-13-24(17)16-7-2-1-3-8-16/h1-8,11,13H,9-10,12H2,(H,21,25). The summed E-state index contributed by atoms with van der Waals surface area (Å²) in [6.45, 7) is 0.351. The molecule has 5 nitrogen and oxygen atoms in total. The average molecular weight is 397 g/mol. The second-order valence-electron chi connectivity index (χ2n) is 6.23. The van der Waals surface area contributed by atoms with Crippen molar-refractivity contribution < 1.29 is 4.79 Å². The SMILES string of the molecule is O=C(NCc1nncn1-c1ccccc1)C1(c2cccc(Br)c2)CC1. The molecule has 126 valence electrons. The van der Waals surface area contributed by atoms with Crippen LogP contribution in [0.3, 0.4) is 0 Å². The first-order valence-electron chi connectivity index (χ1n) is 8.18. The minimum absolute atomic E-state index is 0.0493. The molecule has 1 fully saturated rings. The van der Waals surface area contributed by atoms with Gasteiger partial charge >= 0.3 is 0 Å². The molecule has 1 saturated carbocycles. The van der Waals surface area contributed by atoms with Gasteiger partial charge in [-0.1, -0.05) is 46.3 Å². The Kier molecular flexibility index (Phi) is 4.13. The molecule has 0 unspecified atom stereocenters. The van der Waals surface area contributed by atoms with Crippen molar-refractivity contribution in [2.45, 2.75) is 24.8 Å². The number of carbonyl (C=O) groups excluding carboxylic acids is 1. The molecule has 1 heterocycles. The number of nitrogens with one attached hydrogen (secondary N) is 1. The van der Waals surface area contributed by atoms with Crippen molar-refractivity contribution in [2.24, 2.45) is 0 Å². The second-order valence-corrected chi connectivity index (χ2v) is 7.14. The Morgan fingerprint density at radius 3 is 2.68 bits per heavy atom. The number of nitrogens with zero attached hydrogens (tertiary/aromatic N) is 3. The zero-order chi connectivity index (χ0) is 17.3. The van der Waals surface area contributed by atoms with Crippen molar-refractivity contribution in [1.82, 2.24) is 20.1 Å². The number of amides is 1. The van der Waals surface area contributed by atoms with E-state index in [-0.39, 0.29) is 5.91 Å². The highest BCUT2D eigenvalue weighted by molar-refractivity contribution is 9.10. The van der Waals surface area contributed by atoms with Gasteiger partial charge in [0.1, 0.15) is 6.33 Å². The van der Waals surface area contributed by atoms with Gasteiger partial charge in [-0.15, -0.1) is 10.2 Å². The van der Waals surface area contributed by atoms with Crippen LogP contribution in [0, 0.1) is 0 Å². The Morgan fingerprint density at radius 1 is 1.16 bits per heavy atom. The zero-order valence-electron chi connectivity index (χ0n) is 13.5. The van der Waals surface area contributed by atoms with Crippen LogP contribution >= 0.6 is 15.9 Å². The molecule has 0 aliphatic heterocycles. The number of rotatable bonds is 5. The van der Waals surface area contributed by atoms with E-state index in [1.807, 2.05) is 59.2 Å². The molecule has 3 aromatic rings. The number of hydrogen-bond acceptors (Lipinski definition) is 3. The molecular formula is C19H17BrN4O. The first kappa shape index (κ1) is 16.0. The van der Waals surface area contributed by atoms with E-state index in [9.17, 15) is 4.79 Å². The number of hydrogen-bond donors (Lipinski definition) is 1. The van der Waals surface area contributed by atoms with Crippen LogP contribution in [0.4, 0.5) is 0 Å². The number of para-hydroxylation sites is 1. The fourth-order valence-electron chi connectivity index (χ4n) is 3.07. The van der Waals surface area contributed by atoms with Gasteiger partial charge in [0.05, 0.1) is 12.0 Å². The van der Waals surface area contributed by atoms with E-state index in [0.717, 1.165) is 28.6 Å². The van der Waals surface area contributed by atoms with Gasteiger partial charge in [0, 0.05) is 10.2 Å². The van der Waals surface area contributed by atoms with E-state index in [4.69, 9.17) is 0 Å². The van der Waals surface area contributed by atoms with Crippen molar-refractivity contribution in [3.63, 3.8) is 0 Å². The van der Waals surface area contributed by atoms with E-state index in [2.05, 4.69) is 31.4 Å². The second kappa shape index (κ2) is 6.44. The molecule has 4 rings (SSSR count). The molecule has 6 heteroatoms. The minimum atomic E-state index is -0.401. The van der Waals surface area contributed by atoms with E-state index in [1.165, 1.54) is 0 Å². The van der Waals surface area contributed by atoms with Gasteiger partial charge < -0.3 is 5.32 Å². The smallest absolute Gasteiger partial charge is 0.231 e. The van der Waals surface area contributed by atoms with Gasteiger partial charge in [0.2, 0.25) is 5.91 Å². The third kappa shape index (κ3) is 3.09. The monoisotopic (exact) mass is 396 g/mol. The first-order chi connectivity index (χ1) is 12.2. The summed E-state index contributed by atoms with van der Waals surface area (Å²) >= 11 is 3.48. The van der Waals surface area contributed by atoms with E-state index < -0.39 is 5.41 Å². The maximum atomic E-state index is 12.8. The van der Waals surface area contributed by atoms with E-state index >= 15 is 0 Å². The van der Waals surface area contributed by atoms with Crippen LogP contribution in [0.25, 0.3) is 5.69 Å². The van der Waals surface area contributed by atoms with Crippen molar-refractivity contribution >= 4 is 21.8 Å². The van der Waals surface area contributed by atoms with Crippen LogP contribution in [-0.4, -0.2) is 20.7 Å². The van der Waals surface area contributed by atoms with Crippen LogP contribution in [0.5, 0.6) is 0 Å². The summed E-state index contributed by atoms with van der Waals surface area (Å²) in [5.41, 5.74) is 1.63. The predicted molar refractivity (Wildman–Crippen MR) is 98.3 cm³/mol. The molecule has 0 bridgehead atoms. The lowest BCUT2D eigenvalue weighted by Crippen LogP contribution is -2.35. The van der Waals surface area contributed by atoms with Crippen molar-refractivity contribution in [2.75, 3.05) is 0 Å². The number of benzene rings is 2. The summed E-state index contributed by atoms with van der Waals surface area (Å²) in [4.78, 5) is 12.8. The minimum Gasteiger partial charge on any atom is -0.348 e. The Morgan fingerprint density at radius 2 is 1.96 bits per heavy atom. The van der Waals surface area contributed by atoms with Gasteiger partial charge in [0.15, 0.2) is 5.82 Å². The molecule has 1 N–H and O–H groups in total. The maximum Gasteiger partial charge on any atom is 0.231 e. The van der Waals surface area contributed by atoms with Gasteiger partial charge in [-0.25, -0.2) is 0 Å². The molecule has 0 radical (unpaired) electrons.